The molecule has 0 bridgehead atoms. The molecule has 0 aromatic carbocycles. The third-order valence-electron chi connectivity index (χ3n) is 2.78. The number of hydrogen-bond acceptors (Lipinski definition) is 4. The number of rotatable bonds is 2. The van der Waals surface area contributed by atoms with Crippen molar-refractivity contribution in [1.29, 1.82) is 0 Å². The molecule has 1 N–H and O–H groups in total. The van der Waals surface area contributed by atoms with Gasteiger partial charge in [0, 0.05) is 32.4 Å². The maximum absolute atomic E-state index is 11.7. The zero-order chi connectivity index (χ0) is 12.6. The maximum Gasteiger partial charge on any atom is 0.331 e. The predicted octanol–water partition coefficient (Wildman–Crippen LogP) is -2.25. The topological polar surface area (TPSA) is 84.5 Å². The molecule has 7 nitrogen and oxygen atoms in total. The van der Waals surface area contributed by atoms with Gasteiger partial charge in [-0.15, -0.1) is 0 Å². The Bertz CT molecular complexity index is 553. The first-order valence-corrected chi connectivity index (χ1v) is 5.21. The maximum atomic E-state index is 11.7. The number of β-amino-alcohol motifs (C(OH)–C–C–N with tert-alkyl or cyclic N) is 1. The first-order valence-electron chi connectivity index (χ1n) is 5.21. The SMILES string of the molecule is Cn1c(=O)ccn(CC(=O)N2CC(O)C2)c1=O. The van der Waals surface area contributed by atoms with Gasteiger partial charge < -0.3 is 10.0 Å². The van der Waals surface area contributed by atoms with Gasteiger partial charge in [-0.25, -0.2) is 4.79 Å². The van der Waals surface area contributed by atoms with Gasteiger partial charge in [0.1, 0.15) is 6.54 Å². The Balaban J connectivity index is 2.14. The molecule has 1 amide bonds. The van der Waals surface area contributed by atoms with Gasteiger partial charge in [-0.05, 0) is 0 Å². The summed E-state index contributed by atoms with van der Waals surface area (Å²) in [4.78, 5) is 35.9. The molecule has 1 saturated heterocycles. The van der Waals surface area contributed by atoms with Crippen molar-refractivity contribution in [1.82, 2.24) is 14.0 Å². The normalized spacial score (nSPS) is 15.8. The van der Waals surface area contributed by atoms with Gasteiger partial charge in [0.25, 0.3) is 5.56 Å². The molecular formula is C10H13N3O4. The molecule has 92 valence electrons. The fourth-order valence-corrected chi connectivity index (χ4v) is 1.64. The molecule has 1 aromatic rings. The van der Waals surface area contributed by atoms with Gasteiger partial charge in [0.2, 0.25) is 5.91 Å². The highest BCUT2D eigenvalue weighted by molar-refractivity contribution is 5.76. The van der Waals surface area contributed by atoms with Crippen LogP contribution in [0.5, 0.6) is 0 Å². The summed E-state index contributed by atoms with van der Waals surface area (Å²) in [5, 5.41) is 9.06. The summed E-state index contributed by atoms with van der Waals surface area (Å²) in [6.45, 7) is 0.498. The third-order valence-corrected chi connectivity index (χ3v) is 2.78. The number of hydrogen-bond donors (Lipinski definition) is 1. The van der Waals surface area contributed by atoms with Crippen LogP contribution in [0.25, 0.3) is 0 Å². The molecule has 0 spiro atoms. The van der Waals surface area contributed by atoms with Crippen molar-refractivity contribution in [2.45, 2.75) is 12.6 Å². The van der Waals surface area contributed by atoms with Crippen LogP contribution in [0.1, 0.15) is 0 Å². The molecule has 0 unspecified atom stereocenters. The van der Waals surface area contributed by atoms with Crippen molar-refractivity contribution in [2.75, 3.05) is 13.1 Å². The van der Waals surface area contributed by atoms with Gasteiger partial charge in [-0.2, -0.15) is 0 Å². The predicted molar refractivity (Wildman–Crippen MR) is 58.5 cm³/mol. The molecule has 7 heteroatoms. The van der Waals surface area contributed by atoms with Crippen molar-refractivity contribution in [3.63, 3.8) is 0 Å². The lowest BCUT2D eigenvalue weighted by atomic mass is 10.2. The van der Waals surface area contributed by atoms with Crippen LogP contribution in [0.3, 0.4) is 0 Å². The van der Waals surface area contributed by atoms with Crippen LogP contribution in [-0.4, -0.2) is 44.2 Å². The van der Waals surface area contributed by atoms with Gasteiger partial charge in [-0.1, -0.05) is 0 Å². The van der Waals surface area contributed by atoms with Crippen LogP contribution in [0.2, 0.25) is 0 Å². The standard InChI is InChI=1S/C10H13N3O4/c1-11-8(15)2-3-12(10(11)17)6-9(16)13-4-7(14)5-13/h2-3,7,14H,4-6H2,1H3. The minimum atomic E-state index is -0.521. The minimum Gasteiger partial charge on any atom is -0.389 e. The molecule has 2 rings (SSSR count). The van der Waals surface area contributed by atoms with E-state index in [4.69, 9.17) is 5.11 Å². The fourth-order valence-electron chi connectivity index (χ4n) is 1.64. The van der Waals surface area contributed by atoms with Gasteiger partial charge >= 0.3 is 5.69 Å². The lowest BCUT2D eigenvalue weighted by molar-refractivity contribution is -0.141. The van der Waals surface area contributed by atoms with Crippen LogP contribution >= 0.6 is 0 Å². The number of aliphatic hydroxyl groups is 1. The molecule has 1 aliphatic rings. The Morgan fingerprint density at radius 2 is 2.12 bits per heavy atom. The second-order valence-corrected chi connectivity index (χ2v) is 4.08. The smallest absolute Gasteiger partial charge is 0.331 e. The minimum absolute atomic E-state index is 0.111. The summed E-state index contributed by atoms with van der Waals surface area (Å²) in [5.41, 5.74) is -0.926. The van der Waals surface area contributed by atoms with Crippen LogP contribution < -0.4 is 11.2 Å². The van der Waals surface area contributed by atoms with E-state index in [0.717, 1.165) is 4.57 Å². The molecule has 2 heterocycles. The van der Waals surface area contributed by atoms with Crippen LogP contribution in [0.15, 0.2) is 21.9 Å². The summed E-state index contributed by atoms with van der Waals surface area (Å²) in [6, 6.07) is 1.24. The van der Waals surface area contributed by atoms with Crippen molar-refractivity contribution in [3.8, 4) is 0 Å². The first kappa shape index (κ1) is 11.6. The van der Waals surface area contributed by atoms with E-state index in [1.54, 1.807) is 0 Å². The summed E-state index contributed by atoms with van der Waals surface area (Å²) >= 11 is 0. The summed E-state index contributed by atoms with van der Waals surface area (Å²) in [7, 11) is 1.36. The average Bonchev–Trinajstić information content (AvgIpc) is 2.25. The Morgan fingerprint density at radius 1 is 1.47 bits per heavy atom. The quantitative estimate of drug-likeness (QED) is 0.632. The van der Waals surface area contributed by atoms with Gasteiger partial charge in [0.15, 0.2) is 0 Å². The number of likely N-dealkylation sites (tertiary alicyclic amines) is 1. The van der Waals surface area contributed by atoms with Gasteiger partial charge in [0.05, 0.1) is 6.10 Å². The number of carbonyl (C=O) groups excluding carboxylic acids is 1. The van der Waals surface area contributed by atoms with E-state index in [2.05, 4.69) is 0 Å². The zero-order valence-electron chi connectivity index (χ0n) is 9.37. The Hall–Kier alpha value is -1.89. The van der Waals surface area contributed by atoms with Crippen LogP contribution in [0, 0.1) is 0 Å². The molecule has 1 aliphatic heterocycles. The van der Waals surface area contributed by atoms with E-state index in [0.29, 0.717) is 13.1 Å². The number of nitrogens with zero attached hydrogens (tertiary/aromatic N) is 3. The van der Waals surface area contributed by atoms with Crippen LogP contribution in [-0.2, 0) is 18.4 Å². The van der Waals surface area contributed by atoms with E-state index >= 15 is 0 Å². The summed E-state index contributed by atoms with van der Waals surface area (Å²) in [6.07, 6.45) is 0.842. The largest absolute Gasteiger partial charge is 0.389 e. The lowest BCUT2D eigenvalue weighted by Gasteiger charge is -2.35. The molecular weight excluding hydrogens is 226 g/mol. The molecule has 1 fully saturated rings. The average molecular weight is 239 g/mol. The molecule has 0 saturated carbocycles. The summed E-state index contributed by atoms with van der Waals surface area (Å²) < 4.78 is 2.12. The Kier molecular flexibility index (Phi) is 2.84. The van der Waals surface area contributed by atoms with Crippen molar-refractivity contribution < 1.29 is 9.90 Å². The monoisotopic (exact) mass is 239 g/mol. The first-order chi connectivity index (χ1) is 7.99. The van der Waals surface area contributed by atoms with Gasteiger partial charge in [-0.3, -0.25) is 18.7 Å². The molecule has 0 atom stereocenters. The molecule has 17 heavy (non-hydrogen) atoms. The highest BCUT2D eigenvalue weighted by Crippen LogP contribution is 2.07. The third kappa shape index (κ3) is 2.14. The number of carbonyl (C=O) groups is 1. The van der Waals surface area contributed by atoms with E-state index in [1.807, 2.05) is 0 Å². The van der Waals surface area contributed by atoms with E-state index < -0.39 is 17.4 Å². The highest BCUT2D eigenvalue weighted by atomic mass is 16.3. The second-order valence-electron chi connectivity index (χ2n) is 4.08. The Morgan fingerprint density at radius 3 is 2.71 bits per heavy atom. The molecule has 0 aliphatic carbocycles. The lowest BCUT2D eigenvalue weighted by Crippen LogP contribution is -2.55. The van der Waals surface area contributed by atoms with E-state index in [-0.39, 0.29) is 12.5 Å². The second kappa shape index (κ2) is 4.17. The van der Waals surface area contributed by atoms with Crippen molar-refractivity contribution >= 4 is 5.91 Å². The highest BCUT2D eigenvalue weighted by Gasteiger charge is 2.28. The van der Waals surface area contributed by atoms with E-state index in [9.17, 15) is 14.4 Å². The van der Waals surface area contributed by atoms with E-state index in [1.165, 1.54) is 28.8 Å². The number of aliphatic hydroxyl groups excluding tert-OH is 1. The summed E-state index contributed by atoms with van der Waals surface area (Å²) in [5.74, 6) is -0.240. The number of amides is 1. The molecule has 0 radical (unpaired) electrons. The van der Waals surface area contributed by atoms with Crippen molar-refractivity contribution in [2.24, 2.45) is 7.05 Å². The molecule has 1 aromatic heterocycles. The number of aromatic nitrogens is 2. The fraction of sp³-hybridized carbons (Fsp3) is 0.500. The van der Waals surface area contributed by atoms with Crippen molar-refractivity contribution in [3.05, 3.63) is 33.1 Å². The van der Waals surface area contributed by atoms with Crippen LogP contribution in [0.4, 0.5) is 0 Å². The Labute approximate surface area is 96.5 Å². The zero-order valence-corrected chi connectivity index (χ0v) is 9.37.